The van der Waals surface area contributed by atoms with Gasteiger partial charge in [0.2, 0.25) is 0 Å². The zero-order chi connectivity index (χ0) is 14.2. The van der Waals surface area contributed by atoms with Crippen molar-refractivity contribution in [2.24, 2.45) is 5.92 Å². The third-order valence-electron chi connectivity index (χ3n) is 3.24. The lowest BCUT2D eigenvalue weighted by atomic mass is 9.94. The number of amides is 2. The Morgan fingerprint density at radius 3 is 3.05 bits per heavy atom. The van der Waals surface area contributed by atoms with E-state index >= 15 is 0 Å². The monoisotopic (exact) mass is 270 g/mol. The molecule has 1 unspecified atom stereocenters. The highest BCUT2D eigenvalue weighted by molar-refractivity contribution is 5.75. The van der Waals surface area contributed by atoms with Crippen LogP contribution in [0.25, 0.3) is 0 Å². The number of rotatable bonds is 4. The minimum atomic E-state index is -0.262. The van der Waals surface area contributed by atoms with Crippen molar-refractivity contribution in [2.45, 2.75) is 19.3 Å². The number of allylic oxidation sites excluding steroid dienone is 2. The van der Waals surface area contributed by atoms with Crippen molar-refractivity contribution in [1.29, 1.82) is 5.26 Å². The number of carbonyl (C=O) groups excluding carboxylic acids is 1. The minimum absolute atomic E-state index is 0.262. The van der Waals surface area contributed by atoms with Crippen molar-refractivity contribution in [2.75, 3.05) is 12.0 Å². The van der Waals surface area contributed by atoms with Crippen molar-refractivity contribution in [3.63, 3.8) is 0 Å². The van der Waals surface area contributed by atoms with Crippen LogP contribution in [0.4, 0.5) is 10.5 Å². The molecular formula is C15H18N4O. The number of nitrogens with one attached hydrogen (secondary N) is 3. The first-order valence-electron chi connectivity index (χ1n) is 6.73. The Balaban J connectivity index is 1.72. The molecule has 5 heteroatoms. The standard InChI is InChI=1S/C15H18N4O/c16-10-13-7-4-8-14(9-13)18-19-15(20)17-11-12-5-2-1-3-6-12/h1-2,4,7-9,12,18H,3,5-6,11H2,(H2,17,19,20). The molecule has 0 aliphatic heterocycles. The van der Waals surface area contributed by atoms with Crippen LogP contribution in [0.3, 0.4) is 0 Å². The van der Waals surface area contributed by atoms with Gasteiger partial charge in [-0.15, -0.1) is 0 Å². The summed E-state index contributed by atoms with van der Waals surface area (Å²) in [5.41, 5.74) is 6.57. The van der Waals surface area contributed by atoms with Crippen LogP contribution >= 0.6 is 0 Å². The van der Waals surface area contributed by atoms with E-state index in [4.69, 9.17) is 5.26 Å². The molecule has 0 aromatic heterocycles. The van der Waals surface area contributed by atoms with Gasteiger partial charge in [-0.25, -0.2) is 4.79 Å². The fourth-order valence-corrected chi connectivity index (χ4v) is 2.12. The van der Waals surface area contributed by atoms with Gasteiger partial charge in [0.15, 0.2) is 0 Å². The van der Waals surface area contributed by atoms with Gasteiger partial charge in [-0.3, -0.25) is 10.9 Å². The maximum absolute atomic E-state index is 11.6. The number of nitrogens with zero attached hydrogens (tertiary/aromatic N) is 1. The van der Waals surface area contributed by atoms with Gasteiger partial charge in [-0.2, -0.15) is 5.26 Å². The molecule has 0 saturated carbocycles. The molecule has 2 amide bonds. The van der Waals surface area contributed by atoms with E-state index < -0.39 is 0 Å². The molecule has 1 aliphatic carbocycles. The van der Waals surface area contributed by atoms with E-state index in [1.165, 1.54) is 0 Å². The molecule has 104 valence electrons. The number of urea groups is 1. The molecule has 20 heavy (non-hydrogen) atoms. The van der Waals surface area contributed by atoms with Gasteiger partial charge in [0.05, 0.1) is 17.3 Å². The highest BCUT2D eigenvalue weighted by Crippen LogP contribution is 2.16. The SMILES string of the molecule is N#Cc1cccc(NNC(=O)NCC2CC=CCC2)c1. The van der Waals surface area contributed by atoms with Crippen LogP contribution < -0.4 is 16.2 Å². The Morgan fingerprint density at radius 1 is 1.40 bits per heavy atom. The molecular weight excluding hydrogens is 252 g/mol. The van der Waals surface area contributed by atoms with E-state index in [1.54, 1.807) is 24.3 Å². The molecule has 1 aromatic rings. The number of carbonyl (C=O) groups is 1. The summed E-state index contributed by atoms with van der Waals surface area (Å²) in [6, 6.07) is 8.71. The number of hydrogen-bond acceptors (Lipinski definition) is 3. The summed E-state index contributed by atoms with van der Waals surface area (Å²) in [5.74, 6) is 0.521. The fraction of sp³-hybridized carbons (Fsp3) is 0.333. The number of benzene rings is 1. The zero-order valence-electron chi connectivity index (χ0n) is 11.2. The van der Waals surface area contributed by atoms with Crippen LogP contribution in [0.2, 0.25) is 0 Å². The van der Waals surface area contributed by atoms with Gasteiger partial charge in [-0.05, 0) is 43.4 Å². The Hall–Kier alpha value is -2.48. The van der Waals surface area contributed by atoms with Crippen molar-refractivity contribution >= 4 is 11.7 Å². The van der Waals surface area contributed by atoms with Crippen molar-refractivity contribution in [3.8, 4) is 6.07 Å². The van der Waals surface area contributed by atoms with Crippen LogP contribution in [0.15, 0.2) is 36.4 Å². The molecule has 0 bridgehead atoms. The molecule has 0 heterocycles. The van der Waals surface area contributed by atoms with Crippen LogP contribution in [0.1, 0.15) is 24.8 Å². The Morgan fingerprint density at radius 2 is 2.30 bits per heavy atom. The van der Waals surface area contributed by atoms with Crippen LogP contribution in [0, 0.1) is 17.2 Å². The van der Waals surface area contributed by atoms with Gasteiger partial charge < -0.3 is 5.32 Å². The van der Waals surface area contributed by atoms with Crippen LogP contribution in [-0.2, 0) is 0 Å². The first-order valence-corrected chi connectivity index (χ1v) is 6.73. The van der Waals surface area contributed by atoms with E-state index in [-0.39, 0.29) is 6.03 Å². The topological polar surface area (TPSA) is 77.0 Å². The maximum Gasteiger partial charge on any atom is 0.333 e. The van der Waals surface area contributed by atoms with E-state index in [0.29, 0.717) is 23.7 Å². The highest BCUT2D eigenvalue weighted by atomic mass is 16.2. The Labute approximate surface area is 118 Å². The highest BCUT2D eigenvalue weighted by Gasteiger charge is 2.10. The summed E-state index contributed by atoms with van der Waals surface area (Å²) >= 11 is 0. The van der Waals surface area contributed by atoms with Crippen molar-refractivity contribution in [3.05, 3.63) is 42.0 Å². The zero-order valence-corrected chi connectivity index (χ0v) is 11.2. The average Bonchev–Trinajstić information content (AvgIpc) is 2.52. The lowest BCUT2D eigenvalue weighted by Gasteiger charge is -2.18. The first-order chi connectivity index (χ1) is 9.78. The van der Waals surface area contributed by atoms with E-state index in [1.807, 2.05) is 6.07 Å². The van der Waals surface area contributed by atoms with Gasteiger partial charge in [0, 0.05) is 6.54 Å². The molecule has 5 nitrogen and oxygen atoms in total. The second kappa shape index (κ2) is 7.19. The second-order valence-corrected chi connectivity index (χ2v) is 4.80. The largest absolute Gasteiger partial charge is 0.336 e. The summed E-state index contributed by atoms with van der Waals surface area (Å²) in [6.45, 7) is 0.677. The summed E-state index contributed by atoms with van der Waals surface area (Å²) in [5, 5.41) is 11.6. The van der Waals surface area contributed by atoms with Crippen molar-refractivity contribution < 1.29 is 4.79 Å². The maximum atomic E-state index is 11.6. The molecule has 2 rings (SSSR count). The van der Waals surface area contributed by atoms with Crippen LogP contribution in [0.5, 0.6) is 0 Å². The minimum Gasteiger partial charge on any atom is -0.336 e. The Bertz CT molecular complexity index is 533. The molecule has 0 radical (unpaired) electrons. The predicted molar refractivity (Wildman–Crippen MR) is 77.8 cm³/mol. The number of anilines is 1. The third-order valence-corrected chi connectivity index (χ3v) is 3.24. The molecule has 3 N–H and O–H groups in total. The Kier molecular flexibility index (Phi) is 5.01. The van der Waals surface area contributed by atoms with Gasteiger partial charge >= 0.3 is 6.03 Å². The first kappa shape index (κ1) is 13.9. The summed E-state index contributed by atoms with van der Waals surface area (Å²) in [4.78, 5) is 11.6. The number of hydrazine groups is 1. The smallest absolute Gasteiger partial charge is 0.333 e. The van der Waals surface area contributed by atoms with Crippen LogP contribution in [-0.4, -0.2) is 12.6 Å². The lowest BCUT2D eigenvalue weighted by Crippen LogP contribution is -2.41. The normalized spacial score (nSPS) is 17.1. The number of hydrogen-bond donors (Lipinski definition) is 3. The molecule has 0 fully saturated rings. The molecule has 1 atom stereocenters. The second-order valence-electron chi connectivity index (χ2n) is 4.80. The molecule has 1 aliphatic rings. The quantitative estimate of drug-likeness (QED) is 0.581. The third kappa shape index (κ3) is 4.32. The van der Waals surface area contributed by atoms with Crippen molar-refractivity contribution in [1.82, 2.24) is 10.7 Å². The van der Waals surface area contributed by atoms with Gasteiger partial charge in [0.1, 0.15) is 0 Å². The summed E-state index contributed by atoms with van der Waals surface area (Å²) in [7, 11) is 0. The molecule has 1 aromatic carbocycles. The van der Waals surface area contributed by atoms with E-state index in [0.717, 1.165) is 19.3 Å². The van der Waals surface area contributed by atoms with E-state index in [2.05, 4.69) is 28.3 Å². The van der Waals surface area contributed by atoms with E-state index in [9.17, 15) is 4.79 Å². The number of nitriles is 1. The summed E-state index contributed by atoms with van der Waals surface area (Å²) in [6.07, 6.45) is 7.58. The summed E-state index contributed by atoms with van der Waals surface area (Å²) < 4.78 is 0. The fourth-order valence-electron chi connectivity index (χ4n) is 2.12. The lowest BCUT2D eigenvalue weighted by molar-refractivity contribution is 0.240. The average molecular weight is 270 g/mol. The molecule has 0 saturated heterocycles. The van der Waals surface area contributed by atoms with Gasteiger partial charge in [-0.1, -0.05) is 18.2 Å². The molecule has 0 spiro atoms. The van der Waals surface area contributed by atoms with Gasteiger partial charge in [0.25, 0.3) is 0 Å². The predicted octanol–water partition coefficient (Wildman–Crippen LogP) is 2.54.